The summed E-state index contributed by atoms with van der Waals surface area (Å²) < 4.78 is 5.51. The summed E-state index contributed by atoms with van der Waals surface area (Å²) in [5.41, 5.74) is 5.65. The first kappa shape index (κ1) is 21.0. The van der Waals surface area contributed by atoms with Crippen molar-refractivity contribution in [3.8, 4) is 0 Å². The highest BCUT2D eigenvalue weighted by Gasteiger charge is 2.18. The topological polar surface area (TPSA) is 64.3 Å². The van der Waals surface area contributed by atoms with Crippen LogP contribution in [-0.4, -0.2) is 31.2 Å². The van der Waals surface area contributed by atoms with E-state index in [1.165, 1.54) is 0 Å². The fourth-order valence-electron chi connectivity index (χ4n) is 1.66. The van der Waals surface area contributed by atoms with Crippen LogP contribution in [0.15, 0.2) is 0 Å². The summed E-state index contributed by atoms with van der Waals surface area (Å²) in [5.74, 6) is 1.06. The van der Waals surface area contributed by atoms with Crippen molar-refractivity contribution in [1.82, 2.24) is 5.32 Å². The first-order valence-electron chi connectivity index (χ1n) is 6.98. The van der Waals surface area contributed by atoms with Gasteiger partial charge in [0.2, 0.25) is 5.91 Å². The van der Waals surface area contributed by atoms with Gasteiger partial charge in [0.1, 0.15) is 6.10 Å². The SMILES string of the molecule is CC(C)CCOC(C)C(=O)NC(CN)CC(C)C.Cl. The summed E-state index contributed by atoms with van der Waals surface area (Å²) in [6.45, 7) is 11.4. The zero-order valence-electron chi connectivity index (χ0n) is 12.9. The molecule has 116 valence electrons. The second-order valence-corrected chi connectivity index (χ2v) is 5.77. The molecule has 2 atom stereocenters. The molecule has 0 bridgehead atoms. The van der Waals surface area contributed by atoms with Crippen molar-refractivity contribution in [2.24, 2.45) is 17.6 Å². The van der Waals surface area contributed by atoms with Crippen molar-refractivity contribution in [1.29, 1.82) is 0 Å². The number of carbonyl (C=O) groups excluding carboxylic acids is 1. The standard InChI is InChI=1S/C14H30N2O2.ClH/c1-10(2)6-7-18-12(5)14(17)16-13(9-15)8-11(3)4;/h10-13H,6-9,15H2,1-5H3,(H,16,17);1H. The van der Waals surface area contributed by atoms with E-state index in [-0.39, 0.29) is 24.4 Å². The summed E-state index contributed by atoms with van der Waals surface area (Å²) in [6, 6.07) is 0.0497. The maximum Gasteiger partial charge on any atom is 0.249 e. The molecule has 0 saturated heterocycles. The number of hydrogen-bond acceptors (Lipinski definition) is 3. The largest absolute Gasteiger partial charge is 0.369 e. The summed E-state index contributed by atoms with van der Waals surface area (Å²) in [4.78, 5) is 11.9. The lowest BCUT2D eigenvalue weighted by atomic mass is 10.0. The summed E-state index contributed by atoms with van der Waals surface area (Å²) in [7, 11) is 0. The second-order valence-electron chi connectivity index (χ2n) is 5.77. The number of rotatable bonds is 9. The molecule has 0 heterocycles. The quantitative estimate of drug-likeness (QED) is 0.686. The lowest BCUT2D eigenvalue weighted by Gasteiger charge is -2.21. The van der Waals surface area contributed by atoms with Crippen molar-refractivity contribution < 1.29 is 9.53 Å². The predicted molar refractivity (Wildman–Crippen MR) is 82.6 cm³/mol. The highest BCUT2D eigenvalue weighted by molar-refractivity contribution is 5.85. The molecule has 0 aromatic heterocycles. The monoisotopic (exact) mass is 294 g/mol. The molecule has 0 spiro atoms. The lowest BCUT2D eigenvalue weighted by Crippen LogP contribution is -2.45. The van der Waals surface area contributed by atoms with E-state index in [0.717, 1.165) is 12.8 Å². The van der Waals surface area contributed by atoms with Crippen molar-refractivity contribution in [3.63, 3.8) is 0 Å². The van der Waals surface area contributed by atoms with Crippen LogP contribution in [0.3, 0.4) is 0 Å². The summed E-state index contributed by atoms with van der Waals surface area (Å²) >= 11 is 0. The van der Waals surface area contributed by atoms with E-state index in [1.54, 1.807) is 6.92 Å². The third-order valence-electron chi connectivity index (χ3n) is 2.82. The van der Waals surface area contributed by atoms with Gasteiger partial charge in [-0.05, 0) is 31.6 Å². The number of ether oxygens (including phenoxy) is 1. The van der Waals surface area contributed by atoms with Gasteiger partial charge in [-0.3, -0.25) is 4.79 Å². The number of amides is 1. The number of carbonyl (C=O) groups is 1. The normalized spacial score (nSPS) is 14.1. The van der Waals surface area contributed by atoms with Crippen molar-refractivity contribution >= 4 is 18.3 Å². The molecule has 0 aromatic rings. The molecule has 0 saturated carbocycles. The molecule has 0 rings (SSSR count). The smallest absolute Gasteiger partial charge is 0.249 e. The van der Waals surface area contributed by atoms with Crippen LogP contribution < -0.4 is 11.1 Å². The van der Waals surface area contributed by atoms with Crippen LogP contribution >= 0.6 is 12.4 Å². The molecule has 1 amide bonds. The fourth-order valence-corrected chi connectivity index (χ4v) is 1.66. The van der Waals surface area contributed by atoms with E-state index in [2.05, 4.69) is 33.0 Å². The molecule has 5 heteroatoms. The van der Waals surface area contributed by atoms with Crippen LogP contribution in [0, 0.1) is 11.8 Å². The maximum atomic E-state index is 11.9. The van der Waals surface area contributed by atoms with E-state index < -0.39 is 6.10 Å². The van der Waals surface area contributed by atoms with Crippen molar-refractivity contribution in [2.75, 3.05) is 13.2 Å². The third-order valence-corrected chi connectivity index (χ3v) is 2.82. The third kappa shape index (κ3) is 11.2. The van der Waals surface area contributed by atoms with Crippen molar-refractivity contribution in [3.05, 3.63) is 0 Å². The Bertz CT molecular complexity index is 235. The highest BCUT2D eigenvalue weighted by atomic mass is 35.5. The minimum Gasteiger partial charge on any atom is -0.369 e. The molecule has 0 aromatic carbocycles. The zero-order chi connectivity index (χ0) is 14.1. The zero-order valence-corrected chi connectivity index (χ0v) is 13.8. The Hall–Kier alpha value is -0.320. The van der Waals surface area contributed by atoms with E-state index >= 15 is 0 Å². The molecule has 0 aliphatic heterocycles. The molecule has 0 radical (unpaired) electrons. The Kier molecular flexibility index (Phi) is 12.7. The van der Waals surface area contributed by atoms with Crippen LogP contribution in [0.1, 0.15) is 47.5 Å². The van der Waals surface area contributed by atoms with Gasteiger partial charge in [0.15, 0.2) is 0 Å². The Labute approximate surface area is 124 Å². The lowest BCUT2D eigenvalue weighted by molar-refractivity contribution is -0.132. The maximum absolute atomic E-state index is 11.9. The molecule has 0 fully saturated rings. The molecular weight excluding hydrogens is 264 g/mol. The minimum absolute atomic E-state index is 0. The van der Waals surface area contributed by atoms with E-state index in [0.29, 0.717) is 25.0 Å². The van der Waals surface area contributed by atoms with E-state index in [9.17, 15) is 4.79 Å². The average molecular weight is 295 g/mol. The fraction of sp³-hybridized carbons (Fsp3) is 0.929. The number of nitrogens with two attached hydrogens (primary N) is 1. The highest BCUT2D eigenvalue weighted by Crippen LogP contribution is 2.05. The molecule has 19 heavy (non-hydrogen) atoms. The Morgan fingerprint density at radius 2 is 1.74 bits per heavy atom. The van der Waals surface area contributed by atoms with Crippen LogP contribution in [0.2, 0.25) is 0 Å². The number of hydrogen-bond donors (Lipinski definition) is 2. The van der Waals surface area contributed by atoms with Crippen LogP contribution in [0.4, 0.5) is 0 Å². The Balaban J connectivity index is 0. The van der Waals surface area contributed by atoms with Crippen LogP contribution in [0.5, 0.6) is 0 Å². The van der Waals surface area contributed by atoms with Gasteiger partial charge in [0.05, 0.1) is 0 Å². The first-order chi connectivity index (χ1) is 8.36. The van der Waals surface area contributed by atoms with Gasteiger partial charge in [-0.25, -0.2) is 0 Å². The van der Waals surface area contributed by atoms with Gasteiger partial charge < -0.3 is 15.8 Å². The Morgan fingerprint density at radius 1 is 1.16 bits per heavy atom. The number of nitrogens with one attached hydrogen (secondary N) is 1. The van der Waals surface area contributed by atoms with Crippen LogP contribution in [0.25, 0.3) is 0 Å². The number of halogens is 1. The van der Waals surface area contributed by atoms with Crippen molar-refractivity contribution in [2.45, 2.75) is 59.6 Å². The van der Waals surface area contributed by atoms with Gasteiger partial charge in [-0.1, -0.05) is 27.7 Å². The molecule has 3 N–H and O–H groups in total. The van der Waals surface area contributed by atoms with Gasteiger partial charge in [0, 0.05) is 19.2 Å². The molecule has 0 aliphatic carbocycles. The van der Waals surface area contributed by atoms with E-state index in [4.69, 9.17) is 10.5 Å². The molecular formula is C14H31ClN2O2. The summed E-state index contributed by atoms with van der Waals surface area (Å²) in [5, 5.41) is 2.95. The minimum atomic E-state index is -0.398. The molecule has 4 nitrogen and oxygen atoms in total. The molecule has 0 aliphatic rings. The van der Waals surface area contributed by atoms with Gasteiger partial charge in [-0.15, -0.1) is 12.4 Å². The van der Waals surface area contributed by atoms with Gasteiger partial charge in [0.25, 0.3) is 0 Å². The average Bonchev–Trinajstić information content (AvgIpc) is 2.26. The Morgan fingerprint density at radius 3 is 2.16 bits per heavy atom. The van der Waals surface area contributed by atoms with E-state index in [1.807, 2.05) is 0 Å². The molecule has 2 unspecified atom stereocenters. The first-order valence-corrected chi connectivity index (χ1v) is 6.98. The van der Waals surface area contributed by atoms with Gasteiger partial charge >= 0.3 is 0 Å². The van der Waals surface area contributed by atoms with Crippen LogP contribution in [-0.2, 0) is 9.53 Å². The second kappa shape index (κ2) is 11.5. The predicted octanol–water partition coefficient (Wildman–Crippen LogP) is 2.35. The summed E-state index contributed by atoms with van der Waals surface area (Å²) in [6.07, 6.45) is 1.48. The van der Waals surface area contributed by atoms with Gasteiger partial charge in [-0.2, -0.15) is 0 Å².